The lowest BCUT2D eigenvalue weighted by molar-refractivity contribution is 0.0914. The van der Waals surface area contributed by atoms with E-state index in [0.29, 0.717) is 44.0 Å². The van der Waals surface area contributed by atoms with Gasteiger partial charge in [0.15, 0.2) is 5.69 Å². The molecule has 3 rings (SSSR count). The zero-order valence-electron chi connectivity index (χ0n) is 15.9. The van der Waals surface area contributed by atoms with Gasteiger partial charge in [-0.15, -0.1) is 0 Å². The molecule has 0 bridgehead atoms. The van der Waals surface area contributed by atoms with Crippen LogP contribution in [-0.4, -0.2) is 68.5 Å². The van der Waals surface area contributed by atoms with Gasteiger partial charge in [0.1, 0.15) is 5.76 Å². The molecule has 2 fully saturated rings. The molecule has 9 heteroatoms. The molecular formula is C18H28N4O4S. The molecule has 1 aliphatic carbocycles. The second-order valence-corrected chi connectivity index (χ2v) is 9.36. The van der Waals surface area contributed by atoms with E-state index in [1.165, 1.54) is 9.71 Å². The average Bonchev–Trinajstić information content (AvgIpc) is 3.36. The second kappa shape index (κ2) is 8.53. The van der Waals surface area contributed by atoms with Crippen LogP contribution in [0.4, 0.5) is 0 Å². The average molecular weight is 397 g/mol. The summed E-state index contributed by atoms with van der Waals surface area (Å²) in [5.41, 5.74) is 0.302. The maximum atomic E-state index is 12.4. The molecule has 27 heavy (non-hydrogen) atoms. The van der Waals surface area contributed by atoms with Gasteiger partial charge in [-0.3, -0.25) is 4.79 Å². The molecule has 1 aromatic heterocycles. The van der Waals surface area contributed by atoms with Crippen molar-refractivity contribution in [1.29, 1.82) is 0 Å². The smallest absolute Gasteiger partial charge is 0.273 e. The lowest BCUT2D eigenvalue weighted by Gasteiger charge is -2.30. The summed E-state index contributed by atoms with van der Waals surface area (Å²) in [6.45, 7) is 1.61. The van der Waals surface area contributed by atoms with Crippen LogP contribution >= 0.6 is 0 Å². The Morgan fingerprint density at radius 2 is 2.04 bits per heavy atom. The third-order valence-corrected chi connectivity index (χ3v) is 6.52. The molecule has 0 unspecified atom stereocenters. The lowest BCUT2D eigenvalue weighted by Crippen LogP contribution is -2.46. The highest BCUT2D eigenvalue weighted by Crippen LogP contribution is 2.40. The third kappa shape index (κ3) is 5.63. The minimum absolute atomic E-state index is 0.0530. The molecular weight excluding hydrogens is 368 g/mol. The second-order valence-electron chi connectivity index (χ2n) is 7.54. The van der Waals surface area contributed by atoms with Crippen molar-refractivity contribution >= 4 is 15.9 Å². The van der Waals surface area contributed by atoms with Gasteiger partial charge in [-0.25, -0.2) is 8.42 Å². The van der Waals surface area contributed by atoms with Crippen LogP contribution in [0, 0.1) is 0 Å². The first kappa shape index (κ1) is 20.0. The van der Waals surface area contributed by atoms with Crippen molar-refractivity contribution in [2.75, 3.05) is 33.7 Å². The Bertz CT molecular complexity index is 775. The minimum Gasteiger partial charge on any atom is -0.360 e. The molecule has 1 saturated heterocycles. The normalized spacial score (nSPS) is 19.8. The van der Waals surface area contributed by atoms with Crippen LogP contribution in [0.3, 0.4) is 0 Å². The molecule has 2 heterocycles. The SMILES string of the molecule is CN(C)CC/C=C/S(=O)(=O)N1CCC(NC(=O)c2cc(C3CC3)on2)CC1. The summed E-state index contributed by atoms with van der Waals surface area (Å²) in [5.74, 6) is 0.941. The Morgan fingerprint density at radius 3 is 2.67 bits per heavy atom. The molecule has 0 radical (unpaired) electrons. The third-order valence-electron chi connectivity index (χ3n) is 4.90. The molecule has 1 aromatic rings. The number of carbonyl (C=O) groups is 1. The summed E-state index contributed by atoms with van der Waals surface area (Å²) in [6, 6.07) is 1.66. The molecule has 0 spiro atoms. The maximum absolute atomic E-state index is 12.4. The standard InChI is InChI=1S/C18H28N4O4S/c1-21(2)9-3-4-12-27(24,25)22-10-7-15(8-11-22)19-18(23)16-13-17(26-20-16)14-5-6-14/h4,12-15H,3,5-11H2,1-2H3,(H,19,23)/b12-4+. The number of hydrogen-bond donors (Lipinski definition) is 1. The van der Waals surface area contributed by atoms with Gasteiger partial charge in [-0.05, 0) is 46.2 Å². The Labute approximate surface area is 160 Å². The van der Waals surface area contributed by atoms with Gasteiger partial charge in [-0.2, -0.15) is 4.31 Å². The van der Waals surface area contributed by atoms with Crippen molar-refractivity contribution in [3.63, 3.8) is 0 Å². The Morgan fingerprint density at radius 1 is 1.33 bits per heavy atom. The first-order chi connectivity index (χ1) is 12.8. The number of carbonyl (C=O) groups excluding carboxylic acids is 1. The van der Waals surface area contributed by atoms with Crippen LogP contribution in [0.1, 0.15) is 54.3 Å². The molecule has 1 N–H and O–H groups in total. The summed E-state index contributed by atoms with van der Waals surface area (Å²) >= 11 is 0. The highest BCUT2D eigenvalue weighted by Gasteiger charge is 2.30. The fourth-order valence-electron chi connectivity index (χ4n) is 3.08. The zero-order valence-corrected chi connectivity index (χ0v) is 16.7. The highest BCUT2D eigenvalue weighted by atomic mass is 32.2. The van der Waals surface area contributed by atoms with E-state index in [-0.39, 0.29) is 11.9 Å². The van der Waals surface area contributed by atoms with Gasteiger partial charge in [-0.1, -0.05) is 11.2 Å². The molecule has 2 aliphatic rings. The van der Waals surface area contributed by atoms with E-state index >= 15 is 0 Å². The van der Waals surface area contributed by atoms with E-state index in [4.69, 9.17) is 4.52 Å². The topological polar surface area (TPSA) is 95.8 Å². The van der Waals surface area contributed by atoms with Gasteiger partial charge >= 0.3 is 0 Å². The number of nitrogens with one attached hydrogen (secondary N) is 1. The number of rotatable bonds is 8. The van der Waals surface area contributed by atoms with E-state index in [9.17, 15) is 13.2 Å². The molecule has 0 aromatic carbocycles. The van der Waals surface area contributed by atoms with E-state index in [1.54, 1.807) is 12.1 Å². The van der Waals surface area contributed by atoms with E-state index in [0.717, 1.165) is 25.1 Å². The Kier molecular flexibility index (Phi) is 6.33. The van der Waals surface area contributed by atoms with Crippen molar-refractivity contribution < 1.29 is 17.7 Å². The van der Waals surface area contributed by atoms with Crippen LogP contribution in [0.15, 0.2) is 22.1 Å². The minimum atomic E-state index is -3.39. The predicted octanol–water partition coefficient (Wildman–Crippen LogP) is 1.54. The first-order valence-corrected chi connectivity index (χ1v) is 10.9. The molecule has 1 amide bonds. The van der Waals surface area contributed by atoms with Crippen LogP contribution in [0.25, 0.3) is 0 Å². The summed E-state index contributed by atoms with van der Waals surface area (Å²) in [6.07, 6.45) is 5.75. The number of nitrogens with zero attached hydrogens (tertiary/aromatic N) is 3. The van der Waals surface area contributed by atoms with Crippen LogP contribution < -0.4 is 5.32 Å². The number of piperidine rings is 1. The van der Waals surface area contributed by atoms with Gasteiger partial charge in [0.05, 0.1) is 0 Å². The van der Waals surface area contributed by atoms with Crippen LogP contribution in [-0.2, 0) is 10.0 Å². The van der Waals surface area contributed by atoms with Gasteiger partial charge in [0, 0.05) is 43.1 Å². The summed E-state index contributed by atoms with van der Waals surface area (Å²) in [4.78, 5) is 14.3. The lowest BCUT2D eigenvalue weighted by atomic mass is 10.1. The van der Waals surface area contributed by atoms with Gasteiger partial charge in [0.25, 0.3) is 5.91 Å². The van der Waals surface area contributed by atoms with Crippen LogP contribution in [0.5, 0.6) is 0 Å². The number of sulfonamides is 1. The fraction of sp³-hybridized carbons (Fsp3) is 0.667. The van der Waals surface area contributed by atoms with Crippen LogP contribution in [0.2, 0.25) is 0 Å². The van der Waals surface area contributed by atoms with Crippen molar-refractivity contribution in [1.82, 2.24) is 19.7 Å². The molecule has 8 nitrogen and oxygen atoms in total. The fourth-order valence-corrected chi connectivity index (χ4v) is 4.35. The summed E-state index contributed by atoms with van der Waals surface area (Å²) < 4.78 is 31.4. The molecule has 1 aliphatic heterocycles. The Balaban J connectivity index is 1.45. The highest BCUT2D eigenvalue weighted by molar-refractivity contribution is 7.92. The molecule has 150 valence electrons. The van der Waals surface area contributed by atoms with Crippen molar-refractivity contribution in [3.05, 3.63) is 29.0 Å². The largest absolute Gasteiger partial charge is 0.360 e. The van der Waals surface area contributed by atoms with Crippen molar-refractivity contribution in [3.8, 4) is 0 Å². The predicted molar refractivity (Wildman–Crippen MR) is 102 cm³/mol. The van der Waals surface area contributed by atoms with E-state index in [2.05, 4.69) is 10.5 Å². The zero-order chi connectivity index (χ0) is 19.4. The summed E-state index contributed by atoms with van der Waals surface area (Å²) in [7, 11) is 0.513. The number of hydrogen-bond acceptors (Lipinski definition) is 6. The van der Waals surface area contributed by atoms with E-state index < -0.39 is 10.0 Å². The molecule has 0 atom stereocenters. The Hall–Kier alpha value is -1.71. The number of aromatic nitrogens is 1. The van der Waals surface area contributed by atoms with Crippen molar-refractivity contribution in [2.45, 2.75) is 44.1 Å². The van der Waals surface area contributed by atoms with Gasteiger partial charge < -0.3 is 14.7 Å². The molecule has 1 saturated carbocycles. The van der Waals surface area contributed by atoms with Crippen molar-refractivity contribution in [2.24, 2.45) is 0 Å². The monoisotopic (exact) mass is 396 g/mol. The quantitative estimate of drug-likeness (QED) is 0.716. The summed E-state index contributed by atoms with van der Waals surface area (Å²) in [5, 5.41) is 8.08. The maximum Gasteiger partial charge on any atom is 0.273 e. The van der Waals surface area contributed by atoms with E-state index in [1.807, 2.05) is 19.0 Å². The van der Waals surface area contributed by atoms with Gasteiger partial charge in [0.2, 0.25) is 10.0 Å². The number of amides is 1. The first-order valence-electron chi connectivity index (χ1n) is 9.44.